The Hall–Kier alpha value is -2.68. The average molecular weight is 503 g/mol. The van der Waals surface area contributed by atoms with E-state index in [2.05, 4.69) is 13.2 Å². The highest BCUT2D eigenvalue weighted by atomic mass is 35.5. The topological polar surface area (TPSA) is 96.4 Å². The SMILES string of the molecule is C=CCOC(=O)[C@@H]1[C@H]2C(=O)N(CCCO)C(C(=O)N(CC=C)c3ccc(Cl)cc3)C23CC[C@@]1(C)O3. The van der Waals surface area contributed by atoms with Crippen LogP contribution in [0.4, 0.5) is 5.69 Å². The summed E-state index contributed by atoms with van der Waals surface area (Å²) >= 11 is 6.05. The molecule has 1 aromatic rings. The van der Waals surface area contributed by atoms with Crippen LogP contribution in [0.1, 0.15) is 26.2 Å². The molecule has 0 radical (unpaired) electrons. The van der Waals surface area contributed by atoms with E-state index in [0.29, 0.717) is 30.0 Å². The number of anilines is 1. The molecule has 2 bridgehead atoms. The molecule has 3 fully saturated rings. The zero-order valence-electron chi connectivity index (χ0n) is 19.8. The van der Waals surface area contributed by atoms with Crippen molar-refractivity contribution in [2.45, 2.75) is 43.4 Å². The summed E-state index contributed by atoms with van der Waals surface area (Å²) in [4.78, 5) is 44.1. The molecule has 0 aliphatic carbocycles. The summed E-state index contributed by atoms with van der Waals surface area (Å²) in [6.07, 6.45) is 4.36. The van der Waals surface area contributed by atoms with Gasteiger partial charge in [0.2, 0.25) is 5.91 Å². The summed E-state index contributed by atoms with van der Waals surface area (Å²) < 4.78 is 11.9. The predicted molar refractivity (Wildman–Crippen MR) is 131 cm³/mol. The first kappa shape index (κ1) is 25.4. The average Bonchev–Trinajstić information content (AvgIpc) is 3.40. The van der Waals surface area contributed by atoms with Crippen molar-refractivity contribution in [1.82, 2.24) is 4.90 Å². The molecule has 188 valence electrons. The second-order valence-electron chi connectivity index (χ2n) is 9.47. The number of amides is 2. The Morgan fingerprint density at radius 3 is 2.63 bits per heavy atom. The van der Waals surface area contributed by atoms with E-state index in [1.165, 1.54) is 11.0 Å². The van der Waals surface area contributed by atoms with Gasteiger partial charge in [-0.1, -0.05) is 30.3 Å². The van der Waals surface area contributed by atoms with Crippen molar-refractivity contribution >= 4 is 35.1 Å². The maximum absolute atomic E-state index is 14.2. The number of rotatable bonds is 10. The van der Waals surface area contributed by atoms with Crippen LogP contribution in [0.15, 0.2) is 49.6 Å². The zero-order chi connectivity index (χ0) is 25.4. The number of carbonyl (C=O) groups excluding carboxylic acids is 3. The third-order valence-electron chi connectivity index (χ3n) is 7.38. The van der Waals surface area contributed by atoms with Gasteiger partial charge in [-0.3, -0.25) is 14.4 Å². The molecule has 35 heavy (non-hydrogen) atoms. The minimum atomic E-state index is -1.16. The Morgan fingerprint density at radius 1 is 1.29 bits per heavy atom. The number of esters is 1. The summed E-state index contributed by atoms with van der Waals surface area (Å²) in [7, 11) is 0. The molecule has 3 heterocycles. The molecular formula is C26H31ClN2O6. The summed E-state index contributed by atoms with van der Waals surface area (Å²) in [6, 6.07) is 5.89. The number of likely N-dealkylation sites (tertiary alicyclic amines) is 1. The van der Waals surface area contributed by atoms with Crippen molar-refractivity contribution in [3.8, 4) is 0 Å². The monoisotopic (exact) mass is 502 g/mol. The molecule has 5 atom stereocenters. The second kappa shape index (κ2) is 9.76. The summed E-state index contributed by atoms with van der Waals surface area (Å²) in [6.45, 7) is 9.45. The fourth-order valence-corrected chi connectivity index (χ4v) is 6.12. The number of hydrogen-bond acceptors (Lipinski definition) is 6. The smallest absolute Gasteiger partial charge is 0.313 e. The van der Waals surface area contributed by atoms with E-state index < -0.39 is 35.0 Å². The van der Waals surface area contributed by atoms with E-state index in [9.17, 15) is 19.5 Å². The number of benzene rings is 1. The summed E-state index contributed by atoms with van der Waals surface area (Å²) in [5.41, 5.74) is -1.47. The summed E-state index contributed by atoms with van der Waals surface area (Å²) in [5, 5.41) is 10.0. The van der Waals surface area contributed by atoms with Crippen LogP contribution in [0, 0.1) is 11.8 Å². The molecule has 8 nitrogen and oxygen atoms in total. The van der Waals surface area contributed by atoms with E-state index >= 15 is 0 Å². The first-order valence-corrected chi connectivity index (χ1v) is 12.2. The van der Waals surface area contributed by atoms with Crippen molar-refractivity contribution in [2.24, 2.45) is 11.8 Å². The van der Waals surface area contributed by atoms with Gasteiger partial charge in [-0.2, -0.15) is 0 Å². The molecule has 4 rings (SSSR count). The molecule has 1 N–H and O–H groups in total. The Labute approximate surface area is 210 Å². The van der Waals surface area contributed by atoms with Crippen LogP contribution in [0.2, 0.25) is 5.02 Å². The number of ether oxygens (including phenoxy) is 2. The molecule has 1 spiro atoms. The Bertz CT molecular complexity index is 1030. The lowest BCUT2D eigenvalue weighted by Gasteiger charge is -2.36. The number of carbonyl (C=O) groups is 3. The van der Waals surface area contributed by atoms with E-state index in [1.807, 2.05) is 6.92 Å². The molecule has 9 heteroatoms. The van der Waals surface area contributed by atoms with Crippen molar-refractivity contribution in [3.05, 3.63) is 54.6 Å². The summed E-state index contributed by atoms with van der Waals surface area (Å²) in [5.74, 6) is -2.85. The second-order valence-corrected chi connectivity index (χ2v) is 9.91. The fraction of sp³-hybridized carbons (Fsp3) is 0.500. The van der Waals surface area contributed by atoms with Crippen molar-refractivity contribution in [2.75, 3.05) is 31.2 Å². The molecule has 3 saturated heterocycles. The Balaban J connectivity index is 1.77. The Morgan fingerprint density at radius 2 is 2.00 bits per heavy atom. The minimum absolute atomic E-state index is 0.0274. The lowest BCUT2D eigenvalue weighted by Crippen LogP contribution is -2.56. The minimum Gasteiger partial charge on any atom is -0.461 e. The molecule has 2 amide bonds. The fourth-order valence-electron chi connectivity index (χ4n) is 6.00. The first-order chi connectivity index (χ1) is 16.7. The van der Waals surface area contributed by atoms with Crippen molar-refractivity contribution < 1.29 is 29.0 Å². The number of nitrogens with zero attached hydrogens (tertiary/aromatic N) is 2. The van der Waals surface area contributed by atoms with Crippen LogP contribution >= 0.6 is 11.6 Å². The predicted octanol–water partition coefficient (Wildman–Crippen LogP) is 2.74. The van der Waals surface area contributed by atoms with Gasteiger partial charge in [-0.25, -0.2) is 0 Å². The highest BCUT2D eigenvalue weighted by Crippen LogP contribution is 2.63. The number of halogens is 1. The van der Waals surface area contributed by atoms with Crippen LogP contribution in [-0.2, 0) is 23.9 Å². The third-order valence-corrected chi connectivity index (χ3v) is 7.63. The highest BCUT2D eigenvalue weighted by Gasteiger charge is 2.78. The first-order valence-electron chi connectivity index (χ1n) is 11.8. The quantitative estimate of drug-likeness (QED) is 0.390. The van der Waals surface area contributed by atoms with Gasteiger partial charge in [-0.05, 0) is 50.5 Å². The molecule has 3 aliphatic heterocycles. The van der Waals surface area contributed by atoms with Gasteiger partial charge in [0.15, 0.2) is 0 Å². The largest absolute Gasteiger partial charge is 0.461 e. The van der Waals surface area contributed by atoms with Crippen LogP contribution in [0.25, 0.3) is 0 Å². The van der Waals surface area contributed by atoms with Crippen LogP contribution in [-0.4, -0.2) is 71.3 Å². The van der Waals surface area contributed by atoms with Gasteiger partial charge < -0.3 is 24.4 Å². The van der Waals surface area contributed by atoms with E-state index in [4.69, 9.17) is 21.1 Å². The molecular weight excluding hydrogens is 472 g/mol. The maximum atomic E-state index is 14.2. The molecule has 3 aliphatic rings. The van der Waals surface area contributed by atoms with Crippen molar-refractivity contribution in [3.63, 3.8) is 0 Å². The number of hydrogen-bond donors (Lipinski definition) is 1. The van der Waals surface area contributed by atoms with Crippen LogP contribution in [0.3, 0.4) is 0 Å². The molecule has 0 saturated carbocycles. The number of aliphatic hydroxyl groups excluding tert-OH is 1. The van der Waals surface area contributed by atoms with Gasteiger partial charge in [0.05, 0.1) is 11.5 Å². The lowest BCUT2D eigenvalue weighted by molar-refractivity contribution is -0.158. The zero-order valence-corrected chi connectivity index (χ0v) is 20.6. The highest BCUT2D eigenvalue weighted by molar-refractivity contribution is 6.30. The van der Waals surface area contributed by atoms with Crippen LogP contribution in [0.5, 0.6) is 0 Å². The van der Waals surface area contributed by atoms with Gasteiger partial charge in [0.1, 0.15) is 24.2 Å². The molecule has 1 aromatic carbocycles. The number of fused-ring (bicyclic) bond motifs is 1. The Kier molecular flexibility index (Phi) is 7.09. The van der Waals surface area contributed by atoms with Gasteiger partial charge in [0.25, 0.3) is 5.91 Å². The van der Waals surface area contributed by atoms with E-state index in [-0.39, 0.29) is 38.1 Å². The normalized spacial score (nSPS) is 30.8. The third kappa shape index (κ3) is 4.07. The lowest BCUT2D eigenvalue weighted by atomic mass is 9.66. The standard InChI is InChI=1S/C26H31ClN2O6/c1-4-13-28(18-9-7-17(27)8-10-18)23(32)21-26-12-11-25(3,35-26)20(24(33)34-16-5-2)19(26)22(31)29(21)14-6-15-30/h4-5,7-10,19-21,30H,1-2,6,11-16H2,3H3/t19-,20-,21?,25+,26?/m0/s1. The van der Waals surface area contributed by atoms with E-state index in [0.717, 1.165) is 0 Å². The van der Waals surface area contributed by atoms with Crippen LogP contribution < -0.4 is 4.90 Å². The van der Waals surface area contributed by atoms with Gasteiger partial charge in [0, 0.05) is 30.4 Å². The molecule has 0 aromatic heterocycles. The van der Waals surface area contributed by atoms with E-state index in [1.54, 1.807) is 35.2 Å². The van der Waals surface area contributed by atoms with Crippen molar-refractivity contribution in [1.29, 1.82) is 0 Å². The molecule has 2 unspecified atom stereocenters. The van der Waals surface area contributed by atoms with Gasteiger partial charge >= 0.3 is 5.97 Å². The number of aliphatic hydroxyl groups is 1. The maximum Gasteiger partial charge on any atom is 0.313 e. The van der Waals surface area contributed by atoms with Gasteiger partial charge in [-0.15, -0.1) is 6.58 Å².